The summed E-state index contributed by atoms with van der Waals surface area (Å²) in [6.45, 7) is 5.54. The van der Waals surface area contributed by atoms with Gasteiger partial charge in [-0.3, -0.25) is 19.3 Å². The molecule has 6 atom stereocenters. The second kappa shape index (κ2) is 14.6. The van der Waals surface area contributed by atoms with Gasteiger partial charge < -0.3 is 25.8 Å². The van der Waals surface area contributed by atoms with Gasteiger partial charge in [0.05, 0.1) is 0 Å². The molecular formula is C34H40N4O5. The van der Waals surface area contributed by atoms with Gasteiger partial charge in [-0.15, -0.1) is 0 Å². The Labute approximate surface area is 252 Å². The van der Waals surface area contributed by atoms with Gasteiger partial charge in [-0.25, -0.2) is 0 Å². The number of carbonyl (C=O) groups excluding carboxylic acids is 3. The molecule has 3 aromatic rings. The summed E-state index contributed by atoms with van der Waals surface area (Å²) in [4.78, 5) is 42.8. The number of aliphatic hydroxyl groups is 1. The summed E-state index contributed by atoms with van der Waals surface area (Å²) in [5.74, 6) is -1.10. The Kier molecular flexibility index (Phi) is 10.7. The van der Waals surface area contributed by atoms with Crippen LogP contribution in [0.2, 0.25) is 0 Å². The number of nitrogens with zero attached hydrogens (tertiary/aromatic N) is 1. The molecule has 0 fully saturated rings. The van der Waals surface area contributed by atoms with Crippen LogP contribution in [0.5, 0.6) is 5.75 Å². The zero-order chi connectivity index (χ0) is 30.9. The summed E-state index contributed by atoms with van der Waals surface area (Å²) in [5.41, 5.74) is 2.06. The van der Waals surface area contributed by atoms with E-state index >= 15 is 0 Å². The Bertz CT molecular complexity index is 1400. The molecule has 0 aromatic heterocycles. The molecule has 0 aliphatic carbocycles. The molecule has 2 aliphatic rings. The maximum absolute atomic E-state index is 14.2. The van der Waals surface area contributed by atoms with Gasteiger partial charge in [-0.1, -0.05) is 79.7 Å². The molecule has 2 aliphatic heterocycles. The Morgan fingerprint density at radius 1 is 0.977 bits per heavy atom. The van der Waals surface area contributed by atoms with Crippen molar-refractivity contribution < 1.29 is 24.2 Å². The maximum Gasteiger partial charge on any atom is 0.247 e. The van der Waals surface area contributed by atoms with Crippen molar-refractivity contribution in [2.24, 2.45) is 0 Å². The van der Waals surface area contributed by atoms with Crippen molar-refractivity contribution in [2.45, 2.75) is 63.6 Å². The lowest BCUT2D eigenvalue weighted by Crippen LogP contribution is -2.59. The van der Waals surface area contributed by atoms with Crippen LogP contribution in [0.25, 0.3) is 6.08 Å². The highest BCUT2D eigenvalue weighted by Crippen LogP contribution is 2.28. The standard InChI is InChI=1S/C34H40N4O5/c1-5-22(2)38(4)29(30(39)25-12-8-6-9-13-25)34(42)37-28-31(26-14-10-7-11-15-26)43-27-18-16-24(17-19-27)20-21-35-32(40)23(3)36-33(28)41/h6-23,28-31,39H,5H2,1-4H3,(H,35,40)(H,36,41)(H,37,42)/t22-,23+,28+,29-,30+,31+/m0/s1. The van der Waals surface area contributed by atoms with Crippen LogP contribution in [0.3, 0.4) is 0 Å². The van der Waals surface area contributed by atoms with E-state index in [0.717, 1.165) is 12.0 Å². The third-order valence-electron chi connectivity index (χ3n) is 7.84. The van der Waals surface area contributed by atoms with Gasteiger partial charge in [-0.05, 0) is 62.2 Å². The van der Waals surface area contributed by atoms with E-state index in [9.17, 15) is 19.5 Å². The highest BCUT2D eigenvalue weighted by Gasteiger charge is 2.40. The highest BCUT2D eigenvalue weighted by atomic mass is 16.5. The zero-order valence-corrected chi connectivity index (χ0v) is 24.9. The summed E-state index contributed by atoms with van der Waals surface area (Å²) >= 11 is 0. The normalized spacial score (nSPS) is 21.1. The molecule has 9 nitrogen and oxygen atoms in total. The fraction of sp³-hybridized carbons (Fsp3) is 0.324. The van der Waals surface area contributed by atoms with Gasteiger partial charge in [0.1, 0.15) is 30.0 Å². The lowest BCUT2D eigenvalue weighted by molar-refractivity contribution is -0.138. The molecule has 43 heavy (non-hydrogen) atoms. The third kappa shape index (κ3) is 7.88. The topological polar surface area (TPSA) is 120 Å². The van der Waals surface area contributed by atoms with Crippen LogP contribution in [0.15, 0.2) is 91.1 Å². The minimum Gasteiger partial charge on any atom is -0.483 e. The Morgan fingerprint density at radius 2 is 1.60 bits per heavy atom. The van der Waals surface area contributed by atoms with E-state index in [4.69, 9.17) is 4.74 Å². The molecule has 0 spiro atoms. The van der Waals surface area contributed by atoms with Crippen LogP contribution in [0.1, 0.15) is 56.1 Å². The molecule has 0 unspecified atom stereocenters. The van der Waals surface area contributed by atoms with Crippen LogP contribution >= 0.6 is 0 Å². The van der Waals surface area contributed by atoms with Crippen molar-refractivity contribution >= 4 is 23.8 Å². The largest absolute Gasteiger partial charge is 0.483 e. The number of aliphatic hydroxyl groups excluding tert-OH is 1. The van der Waals surface area contributed by atoms with E-state index in [-0.39, 0.29) is 6.04 Å². The monoisotopic (exact) mass is 584 g/mol. The second-order valence-electron chi connectivity index (χ2n) is 10.8. The molecule has 0 saturated carbocycles. The number of fused-ring (bicyclic) bond motifs is 10. The van der Waals surface area contributed by atoms with Crippen molar-refractivity contribution in [1.82, 2.24) is 20.9 Å². The number of carbonyl (C=O) groups is 3. The van der Waals surface area contributed by atoms with E-state index in [1.807, 2.05) is 67.3 Å². The predicted molar refractivity (Wildman–Crippen MR) is 166 cm³/mol. The summed E-state index contributed by atoms with van der Waals surface area (Å²) in [6, 6.07) is 22.0. The lowest BCUT2D eigenvalue weighted by atomic mass is 9.96. The van der Waals surface area contributed by atoms with E-state index in [0.29, 0.717) is 16.9 Å². The van der Waals surface area contributed by atoms with E-state index in [1.165, 1.54) is 6.20 Å². The fourth-order valence-electron chi connectivity index (χ4n) is 4.95. The number of amides is 3. The first kappa shape index (κ1) is 31.5. The van der Waals surface area contributed by atoms with Crippen molar-refractivity contribution in [3.05, 3.63) is 108 Å². The average Bonchev–Trinajstić information content (AvgIpc) is 3.03. The van der Waals surface area contributed by atoms with Crippen LogP contribution in [0, 0.1) is 0 Å². The van der Waals surface area contributed by atoms with Crippen LogP contribution in [-0.4, -0.2) is 58.9 Å². The average molecular weight is 585 g/mol. The number of hydrogen-bond donors (Lipinski definition) is 4. The number of benzene rings is 3. The molecule has 3 amide bonds. The van der Waals surface area contributed by atoms with Crippen LogP contribution in [0.4, 0.5) is 0 Å². The van der Waals surface area contributed by atoms with Crippen LogP contribution < -0.4 is 20.7 Å². The Morgan fingerprint density at radius 3 is 2.23 bits per heavy atom. The zero-order valence-electron chi connectivity index (χ0n) is 24.9. The van der Waals surface area contributed by atoms with Gasteiger partial charge in [0.25, 0.3) is 0 Å². The van der Waals surface area contributed by atoms with E-state index in [2.05, 4.69) is 16.0 Å². The first-order valence-electron chi connectivity index (χ1n) is 14.5. The van der Waals surface area contributed by atoms with Gasteiger partial charge >= 0.3 is 0 Å². The maximum atomic E-state index is 14.2. The summed E-state index contributed by atoms with van der Waals surface area (Å²) in [6.07, 6.45) is 1.85. The van der Waals surface area contributed by atoms with Gasteiger partial charge in [-0.2, -0.15) is 0 Å². The Hall–Kier alpha value is -4.47. The number of hydrogen-bond acceptors (Lipinski definition) is 6. The van der Waals surface area contributed by atoms with E-state index in [1.54, 1.807) is 56.4 Å². The van der Waals surface area contributed by atoms with Gasteiger partial charge in [0, 0.05) is 12.2 Å². The van der Waals surface area contributed by atoms with Gasteiger partial charge in [0.15, 0.2) is 6.10 Å². The first-order chi connectivity index (χ1) is 20.7. The molecule has 2 heterocycles. The third-order valence-corrected chi connectivity index (χ3v) is 7.84. The van der Waals surface area contributed by atoms with Crippen molar-refractivity contribution in [1.29, 1.82) is 0 Å². The summed E-state index contributed by atoms with van der Waals surface area (Å²) in [5, 5.41) is 19.8. The number of nitrogens with one attached hydrogen (secondary N) is 3. The fourth-order valence-corrected chi connectivity index (χ4v) is 4.95. The van der Waals surface area contributed by atoms with Crippen molar-refractivity contribution in [3.63, 3.8) is 0 Å². The molecule has 226 valence electrons. The second-order valence-corrected chi connectivity index (χ2v) is 10.8. The smallest absolute Gasteiger partial charge is 0.247 e. The molecule has 4 N–H and O–H groups in total. The van der Waals surface area contributed by atoms with Crippen molar-refractivity contribution in [3.8, 4) is 5.75 Å². The van der Waals surface area contributed by atoms with Crippen molar-refractivity contribution in [2.75, 3.05) is 7.05 Å². The molecule has 3 aromatic carbocycles. The van der Waals surface area contributed by atoms with Crippen LogP contribution in [-0.2, 0) is 14.4 Å². The summed E-state index contributed by atoms with van der Waals surface area (Å²) in [7, 11) is 1.78. The minimum absolute atomic E-state index is 0.0524. The molecule has 0 saturated heterocycles. The summed E-state index contributed by atoms with van der Waals surface area (Å²) < 4.78 is 6.42. The first-order valence-corrected chi connectivity index (χ1v) is 14.5. The number of ether oxygens (including phenoxy) is 1. The van der Waals surface area contributed by atoms with E-state index < -0.39 is 48.1 Å². The predicted octanol–water partition coefficient (Wildman–Crippen LogP) is 3.73. The minimum atomic E-state index is -1.26. The number of likely N-dealkylation sites (N-methyl/N-ethyl adjacent to an activating group) is 1. The molecule has 9 heteroatoms. The SMILES string of the molecule is CC[C@H](C)N(C)[C@H](C(=O)N[C@H]1C(=O)N[C@H](C)C(=O)NC=Cc2ccc(cc2)O[C@@H]1c1ccccc1)[C@H](O)c1ccccc1. The quantitative estimate of drug-likeness (QED) is 0.320. The number of rotatable bonds is 8. The lowest BCUT2D eigenvalue weighted by Gasteiger charge is -2.37. The molecular weight excluding hydrogens is 544 g/mol. The molecule has 0 radical (unpaired) electrons. The molecule has 5 rings (SSSR count). The highest BCUT2D eigenvalue weighted by molar-refractivity contribution is 5.94. The Balaban J connectivity index is 1.78. The molecule has 2 bridgehead atoms. The van der Waals surface area contributed by atoms with Gasteiger partial charge in [0.2, 0.25) is 17.7 Å².